The molecule has 0 aliphatic heterocycles. The Kier molecular flexibility index (Phi) is 15.9. The van der Waals surface area contributed by atoms with Gasteiger partial charge in [0.25, 0.3) is 5.91 Å². The number of fused-ring (bicyclic) bond motifs is 1. The zero-order chi connectivity index (χ0) is 32.5. The van der Waals surface area contributed by atoms with Crippen molar-refractivity contribution in [1.82, 2.24) is 5.32 Å². The van der Waals surface area contributed by atoms with Gasteiger partial charge in [-0.2, -0.15) is 0 Å². The van der Waals surface area contributed by atoms with Crippen molar-refractivity contribution in [2.75, 3.05) is 86.3 Å². The minimum absolute atomic E-state index is 0.115. The van der Waals surface area contributed by atoms with E-state index in [4.69, 9.17) is 44.4 Å². The van der Waals surface area contributed by atoms with E-state index in [1.807, 2.05) is 0 Å². The Labute approximate surface area is 265 Å². The third kappa shape index (κ3) is 12.8. The number of hydrogen-bond donors (Lipinski definition) is 4. The number of benzene rings is 2. The van der Waals surface area contributed by atoms with Gasteiger partial charge < -0.3 is 57.6 Å². The summed E-state index contributed by atoms with van der Waals surface area (Å²) in [6.07, 6.45) is 0. The average molecular weight is 672 g/mol. The summed E-state index contributed by atoms with van der Waals surface area (Å²) in [6.45, 7) is 1.06. The molecule has 1 amide bonds. The van der Waals surface area contributed by atoms with Gasteiger partial charge in [-0.15, -0.1) is 0 Å². The van der Waals surface area contributed by atoms with Gasteiger partial charge in [-0.1, -0.05) is 12.1 Å². The number of amides is 1. The topological polar surface area (TPSA) is 185 Å². The van der Waals surface area contributed by atoms with Crippen molar-refractivity contribution >= 4 is 35.4 Å². The maximum atomic E-state index is 12.4. The van der Waals surface area contributed by atoms with Crippen LogP contribution in [0.3, 0.4) is 0 Å². The van der Waals surface area contributed by atoms with E-state index in [1.165, 1.54) is 25.3 Å². The molecule has 16 heteroatoms. The third-order valence-corrected chi connectivity index (χ3v) is 7.75. The SMILES string of the molecule is COP(O)(=S)OCCOCCOCCOCCOCCOCCNC(=O)c1ccc(-c2cc(=O)c3ccc(O)c(O)c3o2)cc1. The molecule has 2 aromatic carbocycles. The molecular formula is C29H38NO13PS. The fourth-order valence-corrected chi connectivity index (χ4v) is 4.34. The number of phenols is 2. The number of hydrogen-bond acceptors (Lipinski definition) is 13. The van der Waals surface area contributed by atoms with Crippen LogP contribution in [0.25, 0.3) is 22.3 Å². The molecule has 0 saturated heterocycles. The zero-order valence-corrected chi connectivity index (χ0v) is 26.5. The van der Waals surface area contributed by atoms with E-state index < -0.39 is 18.2 Å². The summed E-state index contributed by atoms with van der Waals surface area (Å²) in [5.74, 6) is -1.02. The summed E-state index contributed by atoms with van der Waals surface area (Å²) in [5, 5.41) is 22.7. The Bertz CT molecular complexity index is 1450. The van der Waals surface area contributed by atoms with E-state index in [-0.39, 0.29) is 41.3 Å². The smallest absolute Gasteiger partial charge is 0.324 e. The number of aromatic hydroxyl groups is 2. The maximum absolute atomic E-state index is 12.4. The molecule has 1 aromatic heterocycles. The van der Waals surface area contributed by atoms with Gasteiger partial charge in [-0.25, -0.2) is 0 Å². The van der Waals surface area contributed by atoms with Gasteiger partial charge in [-0.05, 0) is 36.1 Å². The molecule has 1 atom stereocenters. The lowest BCUT2D eigenvalue weighted by atomic mass is 10.1. The van der Waals surface area contributed by atoms with Crippen molar-refractivity contribution in [3.05, 3.63) is 58.3 Å². The van der Waals surface area contributed by atoms with Crippen LogP contribution in [-0.2, 0) is 44.5 Å². The number of carbonyl (C=O) groups is 1. The van der Waals surface area contributed by atoms with Crippen LogP contribution < -0.4 is 10.7 Å². The van der Waals surface area contributed by atoms with E-state index >= 15 is 0 Å². The Morgan fingerprint density at radius 1 is 0.822 bits per heavy atom. The fourth-order valence-electron chi connectivity index (χ4n) is 3.71. The van der Waals surface area contributed by atoms with Crippen molar-refractivity contribution in [2.45, 2.75) is 0 Å². The largest absolute Gasteiger partial charge is 0.504 e. The summed E-state index contributed by atoms with van der Waals surface area (Å²) < 4.78 is 42.3. The molecule has 0 saturated carbocycles. The number of phenolic OH excluding ortho intramolecular Hbond substituents is 2. The average Bonchev–Trinajstić information content (AvgIpc) is 3.04. The fraction of sp³-hybridized carbons (Fsp3) is 0.448. The lowest BCUT2D eigenvalue weighted by Crippen LogP contribution is -2.27. The van der Waals surface area contributed by atoms with Gasteiger partial charge in [0.1, 0.15) is 5.76 Å². The Morgan fingerprint density at radius 3 is 1.91 bits per heavy atom. The van der Waals surface area contributed by atoms with Crippen molar-refractivity contribution in [3.8, 4) is 22.8 Å². The van der Waals surface area contributed by atoms with Crippen molar-refractivity contribution in [2.24, 2.45) is 0 Å². The second kappa shape index (κ2) is 19.5. The summed E-state index contributed by atoms with van der Waals surface area (Å²) in [6, 6.07) is 10.3. The van der Waals surface area contributed by atoms with Gasteiger partial charge in [0, 0.05) is 30.8 Å². The lowest BCUT2D eigenvalue weighted by molar-refractivity contribution is -0.0127. The minimum Gasteiger partial charge on any atom is -0.504 e. The third-order valence-electron chi connectivity index (χ3n) is 6.01. The van der Waals surface area contributed by atoms with Crippen molar-refractivity contribution < 1.29 is 57.0 Å². The van der Waals surface area contributed by atoms with Crippen molar-refractivity contribution in [1.29, 1.82) is 0 Å². The molecule has 0 aliphatic carbocycles. The zero-order valence-electron chi connectivity index (χ0n) is 24.8. The summed E-state index contributed by atoms with van der Waals surface area (Å²) in [7, 11) is 1.29. The van der Waals surface area contributed by atoms with E-state index in [9.17, 15) is 24.7 Å². The second-order valence-corrected chi connectivity index (χ2v) is 12.1. The molecule has 1 heterocycles. The van der Waals surface area contributed by atoms with Crippen LogP contribution in [-0.4, -0.2) is 107 Å². The highest BCUT2D eigenvalue weighted by Crippen LogP contribution is 2.42. The highest BCUT2D eigenvalue weighted by Gasteiger charge is 2.14. The Hall–Kier alpha value is -2.95. The normalized spacial score (nSPS) is 12.8. The molecule has 3 aromatic rings. The van der Waals surface area contributed by atoms with Crippen LogP contribution >= 0.6 is 6.72 Å². The van der Waals surface area contributed by atoms with Crippen LogP contribution in [0.1, 0.15) is 10.4 Å². The van der Waals surface area contributed by atoms with E-state index in [0.29, 0.717) is 77.1 Å². The monoisotopic (exact) mass is 671 g/mol. The number of carbonyl (C=O) groups excluding carboxylic acids is 1. The molecule has 14 nitrogen and oxygen atoms in total. The highest BCUT2D eigenvalue weighted by atomic mass is 32.5. The lowest BCUT2D eigenvalue weighted by Gasteiger charge is -2.12. The molecule has 1 unspecified atom stereocenters. The molecule has 3 rings (SSSR count). The van der Waals surface area contributed by atoms with Crippen LogP contribution in [0.15, 0.2) is 51.7 Å². The van der Waals surface area contributed by atoms with Gasteiger partial charge in [0.2, 0.25) is 5.75 Å². The first kappa shape index (κ1) is 36.5. The van der Waals surface area contributed by atoms with Gasteiger partial charge in [-0.3, -0.25) is 9.59 Å². The molecule has 248 valence electrons. The number of nitrogens with one attached hydrogen (secondary N) is 1. The maximum Gasteiger partial charge on any atom is 0.324 e. The Morgan fingerprint density at radius 2 is 1.36 bits per heavy atom. The molecule has 0 radical (unpaired) electrons. The molecular weight excluding hydrogens is 633 g/mol. The predicted octanol–water partition coefficient (Wildman–Crippen LogP) is 2.56. The molecule has 0 aliphatic rings. The van der Waals surface area contributed by atoms with Gasteiger partial charge in [0.15, 0.2) is 16.8 Å². The van der Waals surface area contributed by atoms with Crippen LogP contribution in [0.2, 0.25) is 0 Å². The predicted molar refractivity (Wildman–Crippen MR) is 167 cm³/mol. The summed E-state index contributed by atoms with van der Waals surface area (Å²) >= 11 is 4.69. The number of ether oxygens (including phenoxy) is 5. The minimum atomic E-state index is -3.14. The molecule has 0 fully saturated rings. The summed E-state index contributed by atoms with van der Waals surface area (Å²) in [5.41, 5.74) is 0.437. The molecule has 0 bridgehead atoms. The van der Waals surface area contributed by atoms with E-state index in [0.717, 1.165) is 0 Å². The van der Waals surface area contributed by atoms with Gasteiger partial charge >= 0.3 is 6.72 Å². The van der Waals surface area contributed by atoms with E-state index in [1.54, 1.807) is 24.3 Å². The first-order valence-electron chi connectivity index (χ1n) is 14.0. The summed E-state index contributed by atoms with van der Waals surface area (Å²) in [4.78, 5) is 34.3. The molecule has 4 N–H and O–H groups in total. The number of rotatable bonds is 22. The highest BCUT2D eigenvalue weighted by molar-refractivity contribution is 8.07. The standard InChI is InChI=1S/C29H38NO13PS/c1-36-44(35,45)42-19-18-41-17-16-40-15-14-39-13-12-38-11-10-37-9-8-30-29(34)22-4-2-21(3-5-22)26-20-25(32)23-6-7-24(31)27(33)28(23)43-26/h2-7,20,31,33H,8-19H2,1H3,(H,30,34)(H,35,45). The quantitative estimate of drug-likeness (QED) is 0.0694. The molecule has 45 heavy (non-hydrogen) atoms. The van der Waals surface area contributed by atoms with Crippen LogP contribution in [0.4, 0.5) is 0 Å². The first-order valence-corrected chi connectivity index (χ1v) is 16.6. The second-order valence-electron chi connectivity index (χ2n) is 9.16. The van der Waals surface area contributed by atoms with Gasteiger partial charge in [0.05, 0.1) is 78.1 Å². The first-order chi connectivity index (χ1) is 21.7. The molecule has 0 spiro atoms. The van der Waals surface area contributed by atoms with Crippen LogP contribution in [0, 0.1) is 0 Å². The van der Waals surface area contributed by atoms with Crippen molar-refractivity contribution in [3.63, 3.8) is 0 Å². The van der Waals surface area contributed by atoms with E-state index in [2.05, 4.69) is 9.84 Å². The van der Waals surface area contributed by atoms with Crippen LogP contribution in [0.5, 0.6) is 11.5 Å². The Balaban J connectivity index is 1.17.